The number of carbonyl (C=O) groups excluding carboxylic acids is 1. The topological polar surface area (TPSA) is 59.4 Å². The molecule has 2 amide bonds. The summed E-state index contributed by atoms with van der Waals surface area (Å²) in [4.78, 5) is 14.5. The van der Waals surface area contributed by atoms with Gasteiger partial charge in [0.05, 0.1) is 11.8 Å². The van der Waals surface area contributed by atoms with Crippen LogP contribution in [0.2, 0.25) is 0 Å². The molecule has 7 heteroatoms. The van der Waals surface area contributed by atoms with Crippen molar-refractivity contribution < 1.29 is 13.9 Å². The van der Waals surface area contributed by atoms with E-state index in [0.29, 0.717) is 25.3 Å². The molecule has 1 aromatic heterocycles. The highest BCUT2D eigenvalue weighted by atomic mass is 19.1. The molecule has 1 aromatic carbocycles. The van der Waals surface area contributed by atoms with Crippen molar-refractivity contribution in [2.45, 2.75) is 32.3 Å². The first-order valence-corrected chi connectivity index (χ1v) is 8.94. The minimum atomic E-state index is -0.291. The van der Waals surface area contributed by atoms with E-state index in [1.165, 1.54) is 12.1 Å². The highest BCUT2D eigenvalue weighted by molar-refractivity contribution is 5.94. The number of ether oxygens (including phenoxy) is 1. The zero-order valence-corrected chi connectivity index (χ0v) is 15.5. The van der Waals surface area contributed by atoms with E-state index in [2.05, 4.69) is 10.4 Å². The van der Waals surface area contributed by atoms with Crippen LogP contribution in [0.5, 0.6) is 0 Å². The fraction of sp³-hybridized carbons (Fsp3) is 0.474. The molecule has 0 spiro atoms. The number of hydrogen-bond acceptors (Lipinski definition) is 3. The molecule has 140 valence electrons. The van der Waals surface area contributed by atoms with Crippen LogP contribution in [0.15, 0.2) is 24.3 Å². The zero-order valence-electron chi connectivity index (χ0n) is 15.5. The lowest BCUT2D eigenvalue weighted by atomic mass is 10.0. The summed E-state index contributed by atoms with van der Waals surface area (Å²) < 4.78 is 20.4. The van der Waals surface area contributed by atoms with Crippen molar-refractivity contribution in [3.63, 3.8) is 0 Å². The minimum Gasteiger partial charge on any atom is -0.380 e. The maximum Gasteiger partial charge on any atom is 0.323 e. The van der Waals surface area contributed by atoms with Crippen LogP contribution in [-0.2, 0) is 18.2 Å². The zero-order chi connectivity index (χ0) is 18.7. The maximum absolute atomic E-state index is 13.3. The van der Waals surface area contributed by atoms with Gasteiger partial charge in [-0.05, 0) is 37.0 Å². The Bertz CT molecular complexity index is 773. The van der Waals surface area contributed by atoms with Crippen molar-refractivity contribution >= 4 is 11.8 Å². The quantitative estimate of drug-likeness (QED) is 0.909. The summed E-state index contributed by atoms with van der Waals surface area (Å²) in [7, 11) is 3.48. The minimum absolute atomic E-state index is 0.0730. The molecule has 1 N–H and O–H groups in total. The van der Waals surface area contributed by atoms with Crippen LogP contribution < -0.4 is 5.32 Å². The molecular weight excluding hydrogens is 335 g/mol. The molecule has 2 aromatic rings. The molecule has 2 heterocycles. The third kappa shape index (κ3) is 3.72. The highest BCUT2D eigenvalue weighted by Crippen LogP contribution is 2.32. The van der Waals surface area contributed by atoms with E-state index in [0.717, 1.165) is 29.7 Å². The number of aromatic nitrogens is 2. The average Bonchev–Trinajstić information content (AvgIpc) is 2.98. The van der Waals surface area contributed by atoms with Gasteiger partial charge in [-0.15, -0.1) is 0 Å². The second-order valence-corrected chi connectivity index (χ2v) is 6.53. The number of rotatable bonds is 4. The van der Waals surface area contributed by atoms with Crippen molar-refractivity contribution in [2.75, 3.05) is 25.5 Å². The number of benzene rings is 1. The molecule has 0 aliphatic carbocycles. The Labute approximate surface area is 152 Å². The Kier molecular flexibility index (Phi) is 5.56. The molecule has 0 bridgehead atoms. The number of halogens is 1. The van der Waals surface area contributed by atoms with E-state index in [9.17, 15) is 9.18 Å². The van der Waals surface area contributed by atoms with E-state index < -0.39 is 0 Å². The molecule has 1 atom stereocenters. The average molecular weight is 360 g/mol. The Morgan fingerprint density at radius 2 is 2.12 bits per heavy atom. The van der Waals surface area contributed by atoms with Crippen molar-refractivity contribution in [3.8, 4) is 11.1 Å². The number of anilines is 1. The number of nitrogens with one attached hydrogen (secondary N) is 1. The van der Waals surface area contributed by atoms with E-state index >= 15 is 0 Å². The van der Waals surface area contributed by atoms with Gasteiger partial charge in [0.25, 0.3) is 0 Å². The molecule has 0 radical (unpaired) electrons. The molecule has 3 rings (SSSR count). The van der Waals surface area contributed by atoms with Crippen molar-refractivity contribution in [1.29, 1.82) is 0 Å². The molecule has 1 fully saturated rings. The number of methoxy groups -OCH3 is 1. The number of urea groups is 1. The van der Waals surface area contributed by atoms with Crippen LogP contribution in [0, 0.1) is 5.82 Å². The van der Waals surface area contributed by atoms with Gasteiger partial charge in [0.2, 0.25) is 0 Å². The standard InChI is InChI=1S/C19H25FN4O2/c1-4-16-17(13-7-9-14(20)10-8-13)18(23(2)22-16)21-19(25)24-11-5-6-15(12-24)26-3/h7-10,15H,4-6,11-12H2,1-3H3,(H,21,25)/t15-/m1/s1. The monoisotopic (exact) mass is 360 g/mol. The van der Waals surface area contributed by atoms with Crippen LogP contribution in [0.3, 0.4) is 0 Å². The van der Waals surface area contributed by atoms with Gasteiger partial charge in [0, 0.05) is 32.8 Å². The predicted molar refractivity (Wildman–Crippen MR) is 98.6 cm³/mol. The fourth-order valence-electron chi connectivity index (χ4n) is 3.39. The van der Waals surface area contributed by atoms with Crippen LogP contribution in [-0.4, -0.2) is 47.0 Å². The Balaban J connectivity index is 1.88. The number of aryl methyl sites for hydroxylation is 2. The summed E-state index contributed by atoms with van der Waals surface area (Å²) in [5.74, 6) is 0.332. The summed E-state index contributed by atoms with van der Waals surface area (Å²) in [6.45, 7) is 3.29. The van der Waals surface area contributed by atoms with E-state index in [4.69, 9.17) is 4.74 Å². The highest BCUT2D eigenvalue weighted by Gasteiger charge is 2.26. The number of amides is 2. The predicted octanol–water partition coefficient (Wildman–Crippen LogP) is 3.43. The van der Waals surface area contributed by atoms with Crippen molar-refractivity contribution in [3.05, 3.63) is 35.8 Å². The number of carbonyl (C=O) groups is 1. The van der Waals surface area contributed by atoms with Gasteiger partial charge < -0.3 is 9.64 Å². The third-order valence-electron chi connectivity index (χ3n) is 4.81. The van der Waals surface area contributed by atoms with E-state index in [1.807, 2.05) is 6.92 Å². The lowest BCUT2D eigenvalue weighted by molar-refractivity contribution is 0.0458. The molecule has 0 unspecified atom stereocenters. The Morgan fingerprint density at radius 1 is 1.38 bits per heavy atom. The van der Waals surface area contributed by atoms with Gasteiger partial charge in [-0.25, -0.2) is 9.18 Å². The smallest absolute Gasteiger partial charge is 0.323 e. The Hall–Kier alpha value is -2.41. The first-order chi connectivity index (χ1) is 12.5. The third-order valence-corrected chi connectivity index (χ3v) is 4.81. The molecule has 1 saturated heterocycles. The second-order valence-electron chi connectivity index (χ2n) is 6.53. The van der Waals surface area contributed by atoms with Gasteiger partial charge in [0.1, 0.15) is 11.6 Å². The van der Waals surface area contributed by atoms with Crippen LogP contribution in [0.25, 0.3) is 11.1 Å². The van der Waals surface area contributed by atoms with Gasteiger partial charge >= 0.3 is 6.03 Å². The van der Waals surface area contributed by atoms with E-state index in [1.54, 1.807) is 35.9 Å². The van der Waals surface area contributed by atoms with Gasteiger partial charge in [-0.1, -0.05) is 19.1 Å². The largest absolute Gasteiger partial charge is 0.380 e. The first kappa shape index (κ1) is 18.4. The van der Waals surface area contributed by atoms with Gasteiger partial charge in [-0.2, -0.15) is 5.10 Å². The van der Waals surface area contributed by atoms with Crippen LogP contribution in [0.4, 0.5) is 15.0 Å². The fourth-order valence-corrected chi connectivity index (χ4v) is 3.39. The van der Waals surface area contributed by atoms with Crippen LogP contribution in [0.1, 0.15) is 25.5 Å². The molecule has 1 aliphatic heterocycles. The normalized spacial score (nSPS) is 17.4. The van der Waals surface area contributed by atoms with Gasteiger partial charge in [-0.3, -0.25) is 10.00 Å². The molecule has 6 nitrogen and oxygen atoms in total. The summed E-state index contributed by atoms with van der Waals surface area (Å²) >= 11 is 0. The lowest BCUT2D eigenvalue weighted by Crippen LogP contribution is -2.45. The van der Waals surface area contributed by atoms with E-state index in [-0.39, 0.29) is 18.0 Å². The Morgan fingerprint density at radius 3 is 2.77 bits per heavy atom. The number of nitrogens with zero attached hydrogens (tertiary/aromatic N) is 3. The summed E-state index contributed by atoms with van der Waals surface area (Å²) in [5, 5.41) is 7.52. The second kappa shape index (κ2) is 7.86. The molecule has 0 saturated carbocycles. The van der Waals surface area contributed by atoms with Gasteiger partial charge in [0.15, 0.2) is 0 Å². The molecular formula is C19H25FN4O2. The van der Waals surface area contributed by atoms with Crippen molar-refractivity contribution in [1.82, 2.24) is 14.7 Å². The summed E-state index contributed by atoms with van der Waals surface area (Å²) in [5.41, 5.74) is 2.53. The summed E-state index contributed by atoms with van der Waals surface area (Å²) in [6, 6.07) is 6.09. The number of likely N-dealkylation sites (tertiary alicyclic amines) is 1. The van der Waals surface area contributed by atoms with Crippen LogP contribution >= 0.6 is 0 Å². The SMILES string of the molecule is CCc1nn(C)c(NC(=O)N2CCC[C@@H](OC)C2)c1-c1ccc(F)cc1. The molecule has 26 heavy (non-hydrogen) atoms. The first-order valence-electron chi connectivity index (χ1n) is 8.94. The number of piperidine rings is 1. The lowest BCUT2D eigenvalue weighted by Gasteiger charge is -2.32. The summed E-state index contributed by atoms with van der Waals surface area (Å²) in [6.07, 6.45) is 2.67. The van der Waals surface area contributed by atoms with Crippen molar-refractivity contribution in [2.24, 2.45) is 7.05 Å². The molecule has 1 aliphatic rings. The maximum atomic E-state index is 13.3. The number of hydrogen-bond donors (Lipinski definition) is 1.